The first-order valence-corrected chi connectivity index (χ1v) is 11.9. The summed E-state index contributed by atoms with van der Waals surface area (Å²) in [6.07, 6.45) is 2.70. The zero-order valence-corrected chi connectivity index (χ0v) is 19.3. The van der Waals surface area contributed by atoms with Crippen LogP contribution in [0.2, 0.25) is 5.02 Å². The van der Waals surface area contributed by atoms with E-state index in [9.17, 15) is 8.42 Å². The molecule has 4 aromatic rings. The Morgan fingerprint density at radius 2 is 1.90 bits per heavy atom. The molecule has 1 aliphatic rings. The fourth-order valence-corrected chi connectivity index (χ4v) is 5.51. The number of benzene rings is 2. The van der Waals surface area contributed by atoms with Crippen molar-refractivity contribution in [2.45, 2.75) is 33.2 Å². The number of hydrogen-bond donors (Lipinski definition) is 1. The van der Waals surface area contributed by atoms with E-state index in [0.717, 1.165) is 50.1 Å². The van der Waals surface area contributed by atoms with Crippen molar-refractivity contribution < 1.29 is 8.42 Å². The first-order chi connectivity index (χ1) is 14.5. The van der Waals surface area contributed by atoms with Crippen LogP contribution in [0.5, 0.6) is 0 Å². The van der Waals surface area contributed by atoms with Gasteiger partial charge in [0, 0.05) is 10.9 Å². The van der Waals surface area contributed by atoms with Crippen molar-refractivity contribution in [1.82, 2.24) is 24.0 Å². The predicted octanol–water partition coefficient (Wildman–Crippen LogP) is 4.02. The van der Waals surface area contributed by atoms with E-state index in [1.165, 1.54) is 0 Å². The second-order valence-electron chi connectivity index (χ2n) is 8.40. The van der Waals surface area contributed by atoms with Gasteiger partial charge < -0.3 is 5.32 Å². The largest absolute Gasteiger partial charge is 0.371 e. The van der Waals surface area contributed by atoms with Crippen molar-refractivity contribution >= 4 is 38.2 Å². The summed E-state index contributed by atoms with van der Waals surface area (Å²) in [5.74, 6) is 1.60. The summed E-state index contributed by atoms with van der Waals surface area (Å²) in [4.78, 5) is 0. The molecule has 5 rings (SSSR count). The van der Waals surface area contributed by atoms with Gasteiger partial charge >= 0.3 is 0 Å². The van der Waals surface area contributed by atoms with Gasteiger partial charge in [-0.05, 0) is 51.0 Å². The Bertz CT molecular complexity index is 1500. The fourth-order valence-electron chi connectivity index (χ4n) is 4.42. The van der Waals surface area contributed by atoms with E-state index in [4.69, 9.17) is 11.6 Å². The molecule has 0 radical (unpaired) electrons. The maximum absolute atomic E-state index is 12.1. The lowest BCUT2D eigenvalue weighted by Crippen LogP contribution is -2.36. The Kier molecular flexibility index (Phi) is 4.07. The maximum atomic E-state index is 12.1. The summed E-state index contributed by atoms with van der Waals surface area (Å²) in [6, 6.07) is 7.38. The van der Waals surface area contributed by atoms with E-state index >= 15 is 0 Å². The molecule has 0 spiro atoms. The van der Waals surface area contributed by atoms with Crippen LogP contribution >= 0.6 is 11.6 Å². The van der Waals surface area contributed by atoms with Gasteiger partial charge in [0.05, 0.1) is 39.9 Å². The standard InChI is InChI=1S/C21H21ClN6O2S/c1-11-18(13-7-6-8-17-14(13)10-23-28(17)31(5,29)30)15(22)9-16-19(11)27-12(2)25-26-20(27)21(3,4)24-16/h6-10,24H,1-5H3. The van der Waals surface area contributed by atoms with Gasteiger partial charge in [0.15, 0.2) is 5.82 Å². The first-order valence-electron chi connectivity index (χ1n) is 9.72. The van der Waals surface area contributed by atoms with Gasteiger partial charge in [-0.1, -0.05) is 23.7 Å². The minimum atomic E-state index is -3.53. The number of anilines is 1. The monoisotopic (exact) mass is 456 g/mol. The maximum Gasteiger partial charge on any atom is 0.251 e. The second-order valence-corrected chi connectivity index (χ2v) is 10.6. The van der Waals surface area contributed by atoms with Crippen LogP contribution in [0.3, 0.4) is 0 Å². The topological polar surface area (TPSA) is 94.7 Å². The smallest absolute Gasteiger partial charge is 0.251 e. The molecular formula is C21H21ClN6O2S. The Balaban J connectivity index is 1.84. The van der Waals surface area contributed by atoms with Crippen LogP contribution in [0.1, 0.15) is 31.1 Å². The molecule has 0 aliphatic carbocycles. The zero-order chi connectivity index (χ0) is 22.3. The SMILES string of the molecule is Cc1c(-c2cccc3c2cnn3S(C)(=O)=O)c(Cl)cc2c1-n1c(C)nnc1C(C)(C)N2. The highest BCUT2D eigenvalue weighted by Crippen LogP contribution is 2.46. The van der Waals surface area contributed by atoms with Crippen LogP contribution in [0, 0.1) is 13.8 Å². The molecule has 1 N–H and O–H groups in total. The highest BCUT2D eigenvalue weighted by molar-refractivity contribution is 7.89. The summed E-state index contributed by atoms with van der Waals surface area (Å²) in [5.41, 5.74) is 4.49. The molecule has 0 unspecified atom stereocenters. The summed E-state index contributed by atoms with van der Waals surface area (Å²) >= 11 is 6.81. The summed E-state index contributed by atoms with van der Waals surface area (Å²) in [6.45, 7) is 8.02. The van der Waals surface area contributed by atoms with Gasteiger partial charge in [-0.25, -0.2) is 8.42 Å². The Hall–Kier alpha value is -2.91. The normalized spacial score (nSPS) is 14.9. The highest BCUT2D eigenvalue weighted by atomic mass is 35.5. The lowest BCUT2D eigenvalue weighted by atomic mass is 9.92. The fraction of sp³-hybridized carbons (Fsp3) is 0.286. The zero-order valence-electron chi connectivity index (χ0n) is 17.7. The summed E-state index contributed by atoms with van der Waals surface area (Å²) < 4.78 is 27.4. The molecule has 3 heterocycles. The molecule has 8 nitrogen and oxygen atoms in total. The Labute approximate surface area is 184 Å². The van der Waals surface area contributed by atoms with Crippen molar-refractivity contribution in [3.63, 3.8) is 0 Å². The van der Waals surface area contributed by atoms with E-state index < -0.39 is 15.6 Å². The molecule has 0 amide bonds. The van der Waals surface area contributed by atoms with Crippen molar-refractivity contribution in [2.75, 3.05) is 11.6 Å². The molecule has 0 fully saturated rings. The number of nitrogens with one attached hydrogen (secondary N) is 1. The molecular weight excluding hydrogens is 436 g/mol. The molecule has 2 aromatic carbocycles. The van der Waals surface area contributed by atoms with Crippen LogP contribution in [0.25, 0.3) is 27.7 Å². The van der Waals surface area contributed by atoms with Gasteiger partial charge in [-0.3, -0.25) is 4.57 Å². The number of rotatable bonds is 2. The minimum Gasteiger partial charge on any atom is -0.371 e. The van der Waals surface area contributed by atoms with E-state index in [-0.39, 0.29) is 0 Å². The van der Waals surface area contributed by atoms with E-state index in [2.05, 4.69) is 25.2 Å². The predicted molar refractivity (Wildman–Crippen MR) is 121 cm³/mol. The molecule has 0 saturated carbocycles. The molecule has 10 heteroatoms. The molecule has 0 bridgehead atoms. The van der Waals surface area contributed by atoms with Crippen LogP contribution < -0.4 is 5.32 Å². The molecule has 31 heavy (non-hydrogen) atoms. The van der Waals surface area contributed by atoms with E-state index in [1.807, 2.05) is 45.9 Å². The number of aromatic nitrogens is 5. The van der Waals surface area contributed by atoms with Gasteiger partial charge in [-0.2, -0.15) is 9.19 Å². The third-order valence-electron chi connectivity index (χ3n) is 5.71. The number of fused-ring (bicyclic) bond motifs is 4. The quantitative estimate of drug-likeness (QED) is 0.489. The minimum absolute atomic E-state index is 0.414. The molecule has 2 aromatic heterocycles. The van der Waals surface area contributed by atoms with Crippen molar-refractivity contribution in [3.05, 3.63) is 52.7 Å². The van der Waals surface area contributed by atoms with Crippen molar-refractivity contribution in [1.29, 1.82) is 0 Å². The van der Waals surface area contributed by atoms with Crippen LogP contribution in [-0.4, -0.2) is 38.6 Å². The lowest BCUT2D eigenvalue weighted by molar-refractivity contribution is 0.535. The van der Waals surface area contributed by atoms with Crippen molar-refractivity contribution in [3.8, 4) is 16.8 Å². The number of hydrogen-bond acceptors (Lipinski definition) is 6. The molecule has 0 atom stereocenters. The number of aryl methyl sites for hydroxylation is 1. The summed E-state index contributed by atoms with van der Waals surface area (Å²) in [5, 5.41) is 17.6. The lowest BCUT2D eigenvalue weighted by Gasteiger charge is -2.35. The highest BCUT2D eigenvalue weighted by Gasteiger charge is 2.36. The van der Waals surface area contributed by atoms with Crippen LogP contribution in [0.4, 0.5) is 5.69 Å². The Morgan fingerprint density at radius 1 is 1.16 bits per heavy atom. The third-order valence-corrected chi connectivity index (χ3v) is 6.93. The van der Waals surface area contributed by atoms with Gasteiger partial charge in [0.25, 0.3) is 10.0 Å². The van der Waals surface area contributed by atoms with Gasteiger partial charge in [0.1, 0.15) is 5.82 Å². The second kappa shape index (κ2) is 6.30. The third kappa shape index (κ3) is 2.80. The van der Waals surface area contributed by atoms with Gasteiger partial charge in [0.2, 0.25) is 0 Å². The van der Waals surface area contributed by atoms with Crippen LogP contribution in [0.15, 0.2) is 30.5 Å². The first kappa shape index (κ1) is 20.0. The molecule has 1 aliphatic heterocycles. The number of halogens is 1. The average molecular weight is 457 g/mol. The van der Waals surface area contributed by atoms with E-state index in [1.54, 1.807) is 12.3 Å². The van der Waals surface area contributed by atoms with Gasteiger partial charge in [-0.15, -0.1) is 10.2 Å². The summed E-state index contributed by atoms with van der Waals surface area (Å²) in [7, 11) is -3.53. The molecule has 0 saturated heterocycles. The van der Waals surface area contributed by atoms with Crippen molar-refractivity contribution in [2.24, 2.45) is 0 Å². The van der Waals surface area contributed by atoms with Crippen LogP contribution in [-0.2, 0) is 15.6 Å². The molecule has 160 valence electrons. The number of nitrogens with zero attached hydrogens (tertiary/aromatic N) is 5. The average Bonchev–Trinajstić information content (AvgIpc) is 3.26. The Morgan fingerprint density at radius 3 is 2.61 bits per heavy atom. The van der Waals surface area contributed by atoms with E-state index in [0.29, 0.717) is 15.9 Å².